The zero-order chi connectivity index (χ0) is 24.8. The molecule has 0 unspecified atom stereocenters. The molecule has 0 aromatic heterocycles. The largest absolute Gasteiger partial charge is 0.462 e. The minimum atomic E-state index is -0.424. The molecule has 0 aliphatic carbocycles. The summed E-state index contributed by atoms with van der Waals surface area (Å²) in [5.41, 5.74) is 1.87. The highest BCUT2D eigenvalue weighted by Gasteiger charge is 2.42. The van der Waals surface area contributed by atoms with E-state index in [1.54, 1.807) is 36.2 Å². The molecule has 0 radical (unpaired) electrons. The molecule has 1 aliphatic heterocycles. The summed E-state index contributed by atoms with van der Waals surface area (Å²) in [6, 6.07) is 25.3. The van der Waals surface area contributed by atoms with E-state index < -0.39 is 17.8 Å². The number of hydrogen-bond donors (Lipinski definition) is 0. The van der Waals surface area contributed by atoms with Crippen LogP contribution in [0.25, 0.3) is 0 Å². The highest BCUT2D eigenvalue weighted by Crippen LogP contribution is 2.39. The van der Waals surface area contributed by atoms with Gasteiger partial charge in [-0.15, -0.1) is 0 Å². The average Bonchev–Trinajstić information content (AvgIpc) is 3.13. The van der Waals surface area contributed by atoms with Gasteiger partial charge in [0.05, 0.1) is 17.9 Å². The quantitative estimate of drug-likeness (QED) is 0.221. The molecule has 1 aliphatic rings. The van der Waals surface area contributed by atoms with Crippen LogP contribution in [0, 0.1) is 0 Å². The first-order valence-corrected chi connectivity index (χ1v) is 12.2. The van der Waals surface area contributed by atoms with Gasteiger partial charge in [0.15, 0.2) is 0 Å². The third-order valence-corrected chi connectivity index (χ3v) is 6.63. The van der Waals surface area contributed by atoms with Gasteiger partial charge >= 0.3 is 5.97 Å². The van der Waals surface area contributed by atoms with E-state index >= 15 is 0 Å². The number of anilines is 2. The van der Waals surface area contributed by atoms with E-state index in [1.807, 2.05) is 67.6 Å². The maximum atomic E-state index is 13.6. The van der Waals surface area contributed by atoms with Crippen molar-refractivity contribution in [2.45, 2.75) is 24.7 Å². The van der Waals surface area contributed by atoms with Gasteiger partial charge in [-0.05, 0) is 55.0 Å². The predicted molar refractivity (Wildman–Crippen MR) is 138 cm³/mol. The Bertz CT molecular complexity index is 1240. The van der Waals surface area contributed by atoms with Crippen LogP contribution in [0.3, 0.4) is 0 Å². The van der Waals surface area contributed by atoms with E-state index in [0.29, 0.717) is 28.5 Å². The number of benzene rings is 3. The molecule has 0 spiro atoms. The average molecular weight is 487 g/mol. The van der Waals surface area contributed by atoms with Gasteiger partial charge in [-0.3, -0.25) is 9.59 Å². The molecule has 6 nitrogen and oxygen atoms in total. The molecular weight excluding hydrogens is 460 g/mol. The van der Waals surface area contributed by atoms with Crippen molar-refractivity contribution in [3.63, 3.8) is 0 Å². The number of esters is 1. The number of carbonyl (C=O) groups is 3. The van der Waals surface area contributed by atoms with Crippen molar-refractivity contribution < 1.29 is 19.1 Å². The van der Waals surface area contributed by atoms with Crippen LogP contribution in [-0.4, -0.2) is 31.4 Å². The van der Waals surface area contributed by atoms with Gasteiger partial charge in [0.1, 0.15) is 10.6 Å². The molecule has 3 aromatic carbocycles. The molecule has 0 N–H and O–H groups in total. The van der Waals surface area contributed by atoms with Crippen molar-refractivity contribution in [2.24, 2.45) is 0 Å². The van der Waals surface area contributed by atoms with E-state index in [0.717, 1.165) is 28.3 Å². The van der Waals surface area contributed by atoms with Crippen molar-refractivity contribution in [1.82, 2.24) is 0 Å². The topological polar surface area (TPSA) is 66.9 Å². The zero-order valence-electron chi connectivity index (χ0n) is 19.6. The minimum Gasteiger partial charge on any atom is -0.462 e. The minimum absolute atomic E-state index is 0.304. The Balaban J connectivity index is 1.65. The van der Waals surface area contributed by atoms with Gasteiger partial charge in [-0.25, -0.2) is 9.69 Å². The molecule has 178 valence electrons. The first-order valence-electron chi connectivity index (χ1n) is 11.4. The number of likely N-dealkylation sites (N-methyl/N-ethyl adjacent to an activating group) is 1. The summed E-state index contributed by atoms with van der Waals surface area (Å²) in [6.07, 6.45) is 1.73. The fraction of sp³-hybridized carbons (Fsp3) is 0.179. The maximum Gasteiger partial charge on any atom is 0.338 e. The van der Waals surface area contributed by atoms with Crippen molar-refractivity contribution in [2.75, 3.05) is 23.5 Å². The smallest absolute Gasteiger partial charge is 0.338 e. The molecule has 2 amide bonds. The normalized spacial score (nSPS) is 13.4. The number of imide groups is 1. The van der Waals surface area contributed by atoms with E-state index in [9.17, 15) is 14.4 Å². The number of thioether (sulfide) groups is 1. The number of carbonyl (C=O) groups excluding carboxylic acids is 3. The molecule has 7 heteroatoms. The number of amides is 2. The molecular formula is C28H26N2O4S. The lowest BCUT2D eigenvalue weighted by Crippen LogP contribution is -2.34. The highest BCUT2D eigenvalue weighted by molar-refractivity contribution is 8.04. The second-order valence-corrected chi connectivity index (χ2v) is 9.05. The van der Waals surface area contributed by atoms with Gasteiger partial charge in [-0.1, -0.05) is 61.5 Å². The molecule has 35 heavy (non-hydrogen) atoms. The number of ether oxygens (including phenoxy) is 1. The summed E-state index contributed by atoms with van der Waals surface area (Å²) < 4.78 is 5.25. The Hall–Kier alpha value is -3.84. The Morgan fingerprint density at radius 3 is 2.14 bits per heavy atom. The van der Waals surface area contributed by atoms with Gasteiger partial charge in [0.2, 0.25) is 0 Å². The molecule has 0 atom stereocenters. The van der Waals surface area contributed by atoms with Crippen LogP contribution in [0.5, 0.6) is 0 Å². The Labute approximate surface area is 209 Å². The van der Waals surface area contributed by atoms with Crippen LogP contribution >= 0.6 is 11.8 Å². The summed E-state index contributed by atoms with van der Waals surface area (Å²) in [4.78, 5) is 43.5. The molecule has 0 saturated heterocycles. The first-order chi connectivity index (χ1) is 17.0. The number of unbranched alkanes of at least 4 members (excludes halogenated alkanes) is 1. The van der Waals surface area contributed by atoms with E-state index in [1.165, 1.54) is 11.8 Å². The van der Waals surface area contributed by atoms with Crippen molar-refractivity contribution in [1.29, 1.82) is 0 Å². The molecule has 0 bridgehead atoms. The molecule has 0 saturated carbocycles. The van der Waals surface area contributed by atoms with Crippen LogP contribution in [0.15, 0.2) is 100 Å². The lowest BCUT2D eigenvalue weighted by molar-refractivity contribution is -0.120. The first kappa shape index (κ1) is 24.3. The molecule has 4 rings (SSSR count). The van der Waals surface area contributed by atoms with Crippen LogP contribution in [0.4, 0.5) is 11.4 Å². The van der Waals surface area contributed by atoms with Crippen molar-refractivity contribution in [3.05, 3.63) is 101 Å². The lowest BCUT2D eigenvalue weighted by Gasteiger charge is -2.21. The van der Waals surface area contributed by atoms with Gasteiger partial charge in [0, 0.05) is 17.6 Å². The summed E-state index contributed by atoms with van der Waals surface area (Å²) in [7, 11) is 1.78. The predicted octanol–water partition coefficient (Wildman–Crippen LogP) is 5.66. The van der Waals surface area contributed by atoms with E-state index in [2.05, 4.69) is 0 Å². The Kier molecular flexibility index (Phi) is 7.67. The molecule has 0 fully saturated rings. The van der Waals surface area contributed by atoms with Crippen LogP contribution in [0.1, 0.15) is 30.1 Å². The SMILES string of the molecule is CCCCOC(=O)c1ccc(N2C(=O)C(Sc3ccccc3)=C(N(C)c3ccccc3)C2=O)cc1. The fourth-order valence-corrected chi connectivity index (χ4v) is 4.68. The van der Waals surface area contributed by atoms with Gasteiger partial charge in [-0.2, -0.15) is 0 Å². The van der Waals surface area contributed by atoms with Crippen LogP contribution in [-0.2, 0) is 14.3 Å². The van der Waals surface area contributed by atoms with E-state index in [4.69, 9.17) is 4.74 Å². The Morgan fingerprint density at radius 2 is 1.51 bits per heavy atom. The van der Waals surface area contributed by atoms with Crippen molar-refractivity contribution in [3.8, 4) is 0 Å². The second kappa shape index (κ2) is 11.1. The standard InChI is InChI=1S/C28H26N2O4S/c1-3-4-19-34-28(33)20-15-17-22(18-16-20)30-26(31)24(29(2)21-11-7-5-8-12-21)25(27(30)32)35-23-13-9-6-10-14-23/h5-18H,3-4,19H2,1-2H3. The highest BCUT2D eigenvalue weighted by atomic mass is 32.2. The third kappa shape index (κ3) is 5.30. The number of para-hydroxylation sites is 1. The lowest BCUT2D eigenvalue weighted by atomic mass is 10.2. The van der Waals surface area contributed by atoms with Crippen LogP contribution < -0.4 is 9.80 Å². The van der Waals surface area contributed by atoms with Crippen molar-refractivity contribution >= 4 is 40.9 Å². The fourth-order valence-electron chi connectivity index (χ4n) is 3.65. The molecule has 3 aromatic rings. The second-order valence-electron chi connectivity index (χ2n) is 7.97. The number of hydrogen-bond acceptors (Lipinski definition) is 6. The van der Waals surface area contributed by atoms with Gasteiger partial charge in [0.25, 0.3) is 11.8 Å². The summed E-state index contributed by atoms with van der Waals surface area (Å²) in [5, 5.41) is 0. The zero-order valence-corrected chi connectivity index (χ0v) is 20.5. The maximum absolute atomic E-state index is 13.6. The summed E-state index contributed by atoms with van der Waals surface area (Å²) in [6.45, 7) is 2.38. The van der Waals surface area contributed by atoms with E-state index in [-0.39, 0.29) is 0 Å². The molecule has 1 heterocycles. The number of rotatable bonds is 9. The third-order valence-electron chi connectivity index (χ3n) is 5.55. The summed E-state index contributed by atoms with van der Waals surface area (Å²) >= 11 is 1.26. The monoisotopic (exact) mass is 486 g/mol. The number of nitrogens with zero attached hydrogens (tertiary/aromatic N) is 2. The van der Waals surface area contributed by atoms with Gasteiger partial charge < -0.3 is 9.64 Å². The Morgan fingerprint density at radius 1 is 0.886 bits per heavy atom. The van der Waals surface area contributed by atoms with Crippen LogP contribution in [0.2, 0.25) is 0 Å². The summed E-state index contributed by atoms with van der Waals surface area (Å²) in [5.74, 6) is -1.25.